The lowest BCUT2D eigenvalue weighted by atomic mass is 10.1. The first kappa shape index (κ1) is 22.0. The molecule has 11 heteroatoms. The second kappa shape index (κ2) is 8.23. The van der Waals surface area contributed by atoms with Gasteiger partial charge >= 0.3 is 6.18 Å². The number of nitrogens with zero attached hydrogens (tertiary/aromatic N) is 1. The third kappa shape index (κ3) is 4.90. The minimum atomic E-state index is -4.56. The Kier molecular flexibility index (Phi) is 6.04. The van der Waals surface area contributed by atoms with Crippen molar-refractivity contribution < 1.29 is 26.4 Å². The first-order valence-electron chi connectivity index (χ1n) is 8.89. The van der Waals surface area contributed by atoms with Crippen LogP contribution in [0.15, 0.2) is 36.4 Å². The average molecular weight is 457 g/mol. The highest BCUT2D eigenvalue weighted by atomic mass is 32.2. The number of benzene rings is 1. The molecule has 3 aromatic rings. The van der Waals surface area contributed by atoms with E-state index < -0.39 is 27.8 Å². The van der Waals surface area contributed by atoms with E-state index in [1.165, 1.54) is 30.3 Å². The molecule has 2 N–H and O–H groups in total. The summed E-state index contributed by atoms with van der Waals surface area (Å²) >= 11 is 0.883. The lowest BCUT2D eigenvalue weighted by Crippen LogP contribution is -2.16. The number of aryl methyl sites for hydroxylation is 1. The van der Waals surface area contributed by atoms with Gasteiger partial charge in [0.2, 0.25) is 10.0 Å². The van der Waals surface area contributed by atoms with Crippen LogP contribution >= 0.6 is 11.3 Å². The van der Waals surface area contributed by atoms with E-state index in [-0.39, 0.29) is 15.5 Å². The molecule has 2 heterocycles. The summed E-state index contributed by atoms with van der Waals surface area (Å²) in [5.74, 6) is -0.482. The lowest BCUT2D eigenvalue weighted by Gasteiger charge is -2.09. The van der Waals surface area contributed by atoms with Crippen molar-refractivity contribution in [1.29, 1.82) is 0 Å². The van der Waals surface area contributed by atoms with E-state index >= 15 is 0 Å². The van der Waals surface area contributed by atoms with Crippen molar-refractivity contribution in [1.82, 2.24) is 4.98 Å². The van der Waals surface area contributed by atoms with Crippen LogP contribution in [0, 0.1) is 6.92 Å². The van der Waals surface area contributed by atoms with Crippen molar-refractivity contribution in [2.24, 2.45) is 0 Å². The summed E-state index contributed by atoms with van der Waals surface area (Å²) in [4.78, 5) is 16.6. The summed E-state index contributed by atoms with van der Waals surface area (Å²) in [6, 6.07) is 8.29. The predicted molar refractivity (Wildman–Crippen MR) is 111 cm³/mol. The molecular weight excluding hydrogens is 439 g/mol. The van der Waals surface area contributed by atoms with Crippen molar-refractivity contribution in [2.45, 2.75) is 26.4 Å². The third-order valence-corrected chi connectivity index (χ3v) is 6.88. The van der Waals surface area contributed by atoms with Crippen LogP contribution in [0.3, 0.4) is 0 Å². The number of hydrogen-bond donors (Lipinski definition) is 2. The molecule has 0 aliphatic heterocycles. The number of fused-ring (bicyclic) bond motifs is 1. The largest absolute Gasteiger partial charge is 0.433 e. The SMILES string of the molecule is CCCS(=O)(=O)Nc1ccc(NC(=O)c2sc3nc(C(F)(F)F)ccc3c2C)cc1. The van der Waals surface area contributed by atoms with Gasteiger partial charge in [-0.3, -0.25) is 9.52 Å². The number of halogens is 3. The van der Waals surface area contributed by atoms with Gasteiger partial charge in [0, 0.05) is 16.8 Å². The maximum absolute atomic E-state index is 12.9. The molecule has 30 heavy (non-hydrogen) atoms. The molecule has 0 saturated carbocycles. The van der Waals surface area contributed by atoms with Gasteiger partial charge in [-0.25, -0.2) is 13.4 Å². The van der Waals surface area contributed by atoms with Crippen molar-refractivity contribution in [2.75, 3.05) is 15.8 Å². The number of nitrogens with one attached hydrogen (secondary N) is 2. The van der Waals surface area contributed by atoms with E-state index in [1.54, 1.807) is 13.8 Å². The molecule has 0 saturated heterocycles. The number of aromatic nitrogens is 1. The van der Waals surface area contributed by atoms with Crippen LogP contribution < -0.4 is 10.0 Å². The fourth-order valence-electron chi connectivity index (χ4n) is 2.78. The van der Waals surface area contributed by atoms with Crippen LogP contribution in [0.25, 0.3) is 10.2 Å². The van der Waals surface area contributed by atoms with E-state index in [2.05, 4.69) is 15.0 Å². The number of hydrogen-bond acceptors (Lipinski definition) is 5. The summed E-state index contributed by atoms with van der Waals surface area (Å²) in [5, 5.41) is 3.15. The normalized spacial score (nSPS) is 12.2. The lowest BCUT2D eigenvalue weighted by molar-refractivity contribution is -0.140. The minimum Gasteiger partial charge on any atom is -0.321 e. The number of rotatable bonds is 6. The maximum Gasteiger partial charge on any atom is 0.433 e. The number of thiophene rings is 1. The Hall–Kier alpha value is -2.66. The van der Waals surface area contributed by atoms with Gasteiger partial charge in [0.15, 0.2) is 0 Å². The number of alkyl halides is 3. The number of anilines is 2. The fourth-order valence-corrected chi connectivity index (χ4v) is 4.99. The van der Waals surface area contributed by atoms with Crippen molar-refractivity contribution in [3.8, 4) is 0 Å². The van der Waals surface area contributed by atoms with E-state index in [0.717, 1.165) is 17.4 Å². The summed E-state index contributed by atoms with van der Waals surface area (Å²) < 4.78 is 64.6. The molecular formula is C19H18F3N3O3S2. The monoisotopic (exact) mass is 457 g/mol. The molecule has 2 aromatic heterocycles. The minimum absolute atomic E-state index is 0.000784. The molecule has 1 amide bonds. The summed E-state index contributed by atoms with van der Waals surface area (Å²) in [7, 11) is -3.42. The smallest absolute Gasteiger partial charge is 0.321 e. The molecule has 6 nitrogen and oxygen atoms in total. The van der Waals surface area contributed by atoms with Gasteiger partial charge in [0.1, 0.15) is 10.5 Å². The molecule has 160 valence electrons. The van der Waals surface area contributed by atoms with Crippen LogP contribution in [0.4, 0.5) is 24.5 Å². The van der Waals surface area contributed by atoms with E-state index in [4.69, 9.17) is 0 Å². The van der Waals surface area contributed by atoms with Gasteiger partial charge in [-0.2, -0.15) is 13.2 Å². The number of pyridine rings is 1. The van der Waals surface area contributed by atoms with Crippen LogP contribution in [0.2, 0.25) is 0 Å². The summed E-state index contributed by atoms with van der Waals surface area (Å²) in [6.07, 6.45) is -4.08. The second-order valence-corrected chi connectivity index (χ2v) is 9.40. The molecule has 0 spiro atoms. The maximum atomic E-state index is 12.9. The Morgan fingerprint density at radius 2 is 1.73 bits per heavy atom. The number of carbonyl (C=O) groups excluding carboxylic acids is 1. The zero-order chi connectivity index (χ0) is 22.1. The zero-order valence-electron chi connectivity index (χ0n) is 16.0. The Bertz CT molecular complexity index is 1190. The summed E-state index contributed by atoms with van der Waals surface area (Å²) in [6.45, 7) is 3.40. The van der Waals surface area contributed by atoms with Gasteiger partial charge in [0.05, 0.1) is 10.6 Å². The molecule has 0 aliphatic rings. The molecule has 0 atom stereocenters. The number of carbonyl (C=O) groups is 1. The van der Waals surface area contributed by atoms with Crippen molar-refractivity contribution >= 4 is 48.9 Å². The van der Waals surface area contributed by atoms with E-state index in [9.17, 15) is 26.4 Å². The molecule has 0 fully saturated rings. The van der Waals surface area contributed by atoms with Gasteiger partial charge in [-0.15, -0.1) is 11.3 Å². The summed E-state index contributed by atoms with van der Waals surface area (Å²) in [5.41, 5.74) is 0.310. The number of amides is 1. The highest BCUT2D eigenvalue weighted by Crippen LogP contribution is 2.34. The molecule has 0 aliphatic carbocycles. The number of sulfonamides is 1. The molecule has 0 bridgehead atoms. The molecule has 3 rings (SSSR count). The quantitative estimate of drug-likeness (QED) is 0.544. The van der Waals surface area contributed by atoms with Gasteiger partial charge in [-0.1, -0.05) is 6.92 Å². The Labute approximate surface area is 175 Å². The Balaban J connectivity index is 1.79. The Morgan fingerprint density at radius 3 is 2.33 bits per heavy atom. The van der Waals surface area contributed by atoms with Crippen LogP contribution in [-0.2, 0) is 16.2 Å². The van der Waals surface area contributed by atoms with E-state index in [1.807, 2.05) is 0 Å². The van der Waals surface area contributed by atoms with Crippen LogP contribution in [-0.4, -0.2) is 25.1 Å². The highest BCUT2D eigenvalue weighted by Gasteiger charge is 2.33. The first-order chi connectivity index (χ1) is 14.0. The van der Waals surface area contributed by atoms with Crippen LogP contribution in [0.5, 0.6) is 0 Å². The highest BCUT2D eigenvalue weighted by molar-refractivity contribution is 7.92. The van der Waals surface area contributed by atoms with Crippen LogP contribution in [0.1, 0.15) is 34.3 Å². The second-order valence-electron chi connectivity index (χ2n) is 6.56. The molecule has 1 aromatic carbocycles. The topological polar surface area (TPSA) is 88.2 Å². The fraction of sp³-hybridized carbons (Fsp3) is 0.263. The van der Waals surface area contributed by atoms with Gasteiger partial charge in [0.25, 0.3) is 5.91 Å². The first-order valence-corrected chi connectivity index (χ1v) is 11.4. The molecule has 0 unspecified atom stereocenters. The standard InChI is InChI=1S/C19H18F3N3O3S2/c1-3-10-30(27,28)25-13-6-4-12(5-7-13)23-17(26)16-11(2)14-8-9-15(19(20,21)22)24-18(14)29-16/h4-9,25H,3,10H2,1-2H3,(H,23,26). The zero-order valence-corrected chi connectivity index (χ0v) is 17.6. The predicted octanol–water partition coefficient (Wildman–Crippen LogP) is 5.03. The molecule has 0 radical (unpaired) electrons. The third-order valence-electron chi connectivity index (χ3n) is 4.19. The average Bonchev–Trinajstić information content (AvgIpc) is 2.98. The van der Waals surface area contributed by atoms with Gasteiger partial charge < -0.3 is 5.32 Å². The Morgan fingerprint density at radius 1 is 1.10 bits per heavy atom. The van der Waals surface area contributed by atoms with Crippen molar-refractivity contribution in [3.63, 3.8) is 0 Å². The van der Waals surface area contributed by atoms with Crippen molar-refractivity contribution in [3.05, 3.63) is 52.5 Å². The van der Waals surface area contributed by atoms with E-state index in [0.29, 0.717) is 28.7 Å². The van der Waals surface area contributed by atoms with Gasteiger partial charge in [-0.05, 0) is 55.3 Å².